The molecule has 4 rings (SSSR count). The average molecular weight is 390 g/mol. The van der Waals surface area contributed by atoms with Gasteiger partial charge >= 0.3 is 0 Å². The Morgan fingerprint density at radius 3 is 2.61 bits per heavy atom. The van der Waals surface area contributed by atoms with E-state index >= 15 is 0 Å². The second-order valence-electron chi connectivity index (χ2n) is 6.59. The molecule has 0 aliphatic rings. The van der Waals surface area contributed by atoms with Crippen molar-refractivity contribution in [3.05, 3.63) is 86.0 Å². The molecule has 1 amide bonds. The number of nitrogens with one attached hydrogen (secondary N) is 1. The third-order valence-corrected chi connectivity index (χ3v) is 5.23. The number of thiazole rings is 1. The third-order valence-electron chi connectivity index (χ3n) is 4.41. The Morgan fingerprint density at radius 1 is 1.11 bits per heavy atom. The molecule has 0 bridgehead atoms. The number of aryl methyl sites for hydroxylation is 2. The third kappa shape index (κ3) is 3.73. The summed E-state index contributed by atoms with van der Waals surface area (Å²) in [6.07, 6.45) is 0. The fourth-order valence-corrected chi connectivity index (χ4v) is 3.57. The largest absolute Gasteiger partial charge is 0.456 e. The first-order chi connectivity index (χ1) is 13.5. The maximum absolute atomic E-state index is 12.4. The van der Waals surface area contributed by atoms with E-state index in [1.54, 1.807) is 41.7 Å². The van der Waals surface area contributed by atoms with Gasteiger partial charge in [0.15, 0.2) is 5.43 Å². The van der Waals surface area contributed by atoms with Crippen LogP contribution in [0, 0.1) is 13.8 Å². The average Bonchev–Trinajstić information content (AvgIpc) is 3.12. The van der Waals surface area contributed by atoms with Gasteiger partial charge < -0.3 is 9.73 Å². The van der Waals surface area contributed by atoms with E-state index in [1.807, 2.05) is 31.4 Å². The van der Waals surface area contributed by atoms with Gasteiger partial charge in [0.1, 0.15) is 11.3 Å². The van der Waals surface area contributed by atoms with Crippen molar-refractivity contribution in [2.75, 3.05) is 0 Å². The molecule has 4 aromatic rings. The smallest absolute Gasteiger partial charge is 0.251 e. The predicted molar refractivity (Wildman–Crippen MR) is 111 cm³/mol. The summed E-state index contributed by atoms with van der Waals surface area (Å²) in [7, 11) is 0. The highest BCUT2D eigenvalue weighted by molar-refractivity contribution is 7.09. The molecular weight excluding hydrogens is 372 g/mol. The normalized spacial score (nSPS) is 10.9. The van der Waals surface area contributed by atoms with Gasteiger partial charge in [0.2, 0.25) is 0 Å². The Balaban J connectivity index is 1.54. The second kappa shape index (κ2) is 7.40. The number of nitrogens with zero attached hydrogens (tertiary/aromatic N) is 1. The van der Waals surface area contributed by atoms with E-state index in [-0.39, 0.29) is 11.3 Å². The van der Waals surface area contributed by atoms with E-state index < -0.39 is 0 Å². The van der Waals surface area contributed by atoms with Gasteiger partial charge in [-0.2, -0.15) is 0 Å². The number of carbonyl (C=O) groups excluding carboxylic acids is 1. The molecule has 6 heteroatoms. The van der Waals surface area contributed by atoms with Gasteiger partial charge in [0.25, 0.3) is 5.91 Å². The van der Waals surface area contributed by atoms with Crippen molar-refractivity contribution in [1.82, 2.24) is 10.3 Å². The minimum Gasteiger partial charge on any atom is -0.456 e. The van der Waals surface area contributed by atoms with Crippen LogP contribution in [0.5, 0.6) is 0 Å². The van der Waals surface area contributed by atoms with E-state index in [1.165, 1.54) is 6.07 Å². The van der Waals surface area contributed by atoms with Crippen molar-refractivity contribution < 1.29 is 9.21 Å². The number of fused-ring (bicyclic) bond motifs is 1. The summed E-state index contributed by atoms with van der Waals surface area (Å²) in [5.74, 6) is 0.305. The van der Waals surface area contributed by atoms with Crippen LogP contribution in [0.3, 0.4) is 0 Å². The van der Waals surface area contributed by atoms with Crippen LogP contribution >= 0.6 is 11.3 Å². The van der Waals surface area contributed by atoms with Crippen molar-refractivity contribution in [2.45, 2.75) is 20.4 Å². The van der Waals surface area contributed by atoms with E-state index in [0.717, 1.165) is 21.8 Å². The van der Waals surface area contributed by atoms with E-state index in [0.29, 0.717) is 28.8 Å². The Labute approximate surface area is 165 Å². The van der Waals surface area contributed by atoms with Crippen LogP contribution < -0.4 is 10.7 Å². The Hall–Kier alpha value is -3.25. The number of amides is 1. The fourth-order valence-electron chi connectivity index (χ4n) is 2.96. The van der Waals surface area contributed by atoms with Crippen molar-refractivity contribution >= 4 is 28.2 Å². The van der Waals surface area contributed by atoms with Gasteiger partial charge in [0, 0.05) is 22.6 Å². The van der Waals surface area contributed by atoms with Crippen molar-refractivity contribution in [3.8, 4) is 11.3 Å². The molecule has 2 heterocycles. The Bertz CT molecular complexity index is 1220. The highest BCUT2D eigenvalue weighted by atomic mass is 32.1. The summed E-state index contributed by atoms with van der Waals surface area (Å²) >= 11 is 1.56. The highest BCUT2D eigenvalue weighted by Gasteiger charge is 2.10. The SMILES string of the molecule is Cc1ccc2oc(-c3ccc(C(=O)NCc4csc(C)n4)cc3)cc(=O)c2c1. The molecule has 0 radical (unpaired) electrons. The molecule has 28 heavy (non-hydrogen) atoms. The number of benzene rings is 2. The molecule has 0 spiro atoms. The summed E-state index contributed by atoms with van der Waals surface area (Å²) < 4.78 is 5.88. The molecule has 140 valence electrons. The summed E-state index contributed by atoms with van der Waals surface area (Å²) in [5, 5.41) is 6.33. The van der Waals surface area contributed by atoms with Crippen LogP contribution in [0.4, 0.5) is 0 Å². The van der Waals surface area contributed by atoms with Crippen molar-refractivity contribution in [1.29, 1.82) is 0 Å². The molecule has 2 aromatic heterocycles. The van der Waals surface area contributed by atoms with E-state index in [2.05, 4.69) is 10.3 Å². The summed E-state index contributed by atoms with van der Waals surface area (Å²) in [6.45, 7) is 4.26. The molecule has 0 saturated carbocycles. The first kappa shape index (κ1) is 18.1. The molecule has 0 aliphatic carbocycles. The lowest BCUT2D eigenvalue weighted by Gasteiger charge is -2.06. The molecule has 2 aromatic carbocycles. The number of hydrogen-bond acceptors (Lipinski definition) is 5. The molecule has 0 aliphatic heterocycles. The van der Waals surface area contributed by atoms with Gasteiger partial charge in [-0.05, 0) is 38.1 Å². The topological polar surface area (TPSA) is 72.2 Å². The predicted octanol–water partition coefficient (Wildman–Crippen LogP) is 4.46. The molecule has 5 nitrogen and oxygen atoms in total. The monoisotopic (exact) mass is 390 g/mol. The van der Waals surface area contributed by atoms with Crippen LogP contribution in [-0.4, -0.2) is 10.9 Å². The second-order valence-corrected chi connectivity index (χ2v) is 7.65. The maximum atomic E-state index is 12.4. The Kier molecular flexibility index (Phi) is 4.79. The lowest BCUT2D eigenvalue weighted by molar-refractivity contribution is 0.0950. The number of carbonyl (C=O) groups is 1. The lowest BCUT2D eigenvalue weighted by Crippen LogP contribution is -2.22. The van der Waals surface area contributed by atoms with Gasteiger partial charge in [-0.25, -0.2) is 4.98 Å². The van der Waals surface area contributed by atoms with Crippen LogP contribution in [-0.2, 0) is 6.54 Å². The minimum absolute atomic E-state index is 0.0830. The number of rotatable bonds is 4. The summed E-state index contributed by atoms with van der Waals surface area (Å²) in [5.41, 5.74) is 3.60. The van der Waals surface area contributed by atoms with Crippen LogP contribution in [0.15, 0.2) is 63.1 Å². The zero-order valence-corrected chi connectivity index (χ0v) is 16.3. The first-order valence-electron chi connectivity index (χ1n) is 8.84. The minimum atomic E-state index is -0.173. The Morgan fingerprint density at radius 2 is 1.89 bits per heavy atom. The molecule has 0 atom stereocenters. The quantitative estimate of drug-likeness (QED) is 0.558. The summed E-state index contributed by atoms with van der Waals surface area (Å²) in [4.78, 5) is 29.0. The van der Waals surface area contributed by atoms with Gasteiger partial charge in [-0.3, -0.25) is 9.59 Å². The molecule has 0 saturated heterocycles. The lowest BCUT2D eigenvalue weighted by atomic mass is 10.1. The van der Waals surface area contributed by atoms with Crippen LogP contribution in [0.2, 0.25) is 0 Å². The van der Waals surface area contributed by atoms with Gasteiger partial charge in [0.05, 0.1) is 22.6 Å². The molecular formula is C22H18N2O3S. The van der Waals surface area contributed by atoms with Gasteiger partial charge in [-0.1, -0.05) is 23.8 Å². The van der Waals surface area contributed by atoms with Crippen LogP contribution in [0.25, 0.3) is 22.3 Å². The molecule has 0 unspecified atom stereocenters. The fraction of sp³-hybridized carbons (Fsp3) is 0.136. The number of aromatic nitrogens is 1. The summed E-state index contributed by atoms with van der Waals surface area (Å²) in [6, 6.07) is 14.0. The zero-order valence-electron chi connectivity index (χ0n) is 15.5. The number of hydrogen-bond donors (Lipinski definition) is 1. The van der Waals surface area contributed by atoms with E-state index in [4.69, 9.17) is 4.42 Å². The first-order valence-corrected chi connectivity index (χ1v) is 9.72. The van der Waals surface area contributed by atoms with Crippen molar-refractivity contribution in [3.63, 3.8) is 0 Å². The van der Waals surface area contributed by atoms with Gasteiger partial charge in [-0.15, -0.1) is 11.3 Å². The standard InChI is InChI=1S/C22H18N2O3S/c1-13-3-8-20-18(9-13)19(25)10-21(27-20)15-4-6-16(7-5-15)22(26)23-11-17-12-28-14(2)24-17/h3-10,12H,11H2,1-2H3,(H,23,26). The maximum Gasteiger partial charge on any atom is 0.251 e. The van der Waals surface area contributed by atoms with Crippen molar-refractivity contribution in [2.24, 2.45) is 0 Å². The van der Waals surface area contributed by atoms with Crippen LogP contribution in [0.1, 0.15) is 26.6 Å². The molecule has 0 fully saturated rings. The molecule has 1 N–H and O–H groups in total. The van der Waals surface area contributed by atoms with E-state index in [9.17, 15) is 9.59 Å². The zero-order chi connectivity index (χ0) is 19.7. The highest BCUT2D eigenvalue weighted by Crippen LogP contribution is 2.23.